The third kappa shape index (κ3) is 4.25. The molecule has 1 aliphatic rings. The molecule has 0 spiro atoms. The average molecular weight is 388 g/mol. The molecule has 9 heteroatoms. The van der Waals surface area contributed by atoms with Gasteiger partial charge in [0.15, 0.2) is 11.5 Å². The summed E-state index contributed by atoms with van der Waals surface area (Å²) in [5.41, 5.74) is 1.10. The Morgan fingerprint density at radius 1 is 1.04 bits per heavy atom. The van der Waals surface area contributed by atoms with Gasteiger partial charge in [-0.1, -0.05) is 0 Å². The predicted molar refractivity (Wildman–Crippen MR) is 104 cm³/mol. The third-order valence-electron chi connectivity index (χ3n) is 4.33. The zero-order chi connectivity index (χ0) is 20.1. The second kappa shape index (κ2) is 8.75. The molecule has 1 fully saturated rings. The van der Waals surface area contributed by atoms with E-state index in [9.17, 15) is 4.79 Å². The first-order chi connectivity index (χ1) is 13.5. The molecule has 1 aromatic heterocycles. The number of methoxy groups -OCH3 is 3. The summed E-state index contributed by atoms with van der Waals surface area (Å²) in [6.45, 7) is 4.65. The van der Waals surface area contributed by atoms with Gasteiger partial charge in [0.2, 0.25) is 11.7 Å². The highest BCUT2D eigenvalue weighted by atomic mass is 16.5. The molecule has 1 N–H and O–H groups in total. The van der Waals surface area contributed by atoms with Crippen molar-refractivity contribution in [2.75, 3.05) is 57.8 Å². The number of rotatable bonds is 6. The highest BCUT2D eigenvalue weighted by Crippen LogP contribution is 2.38. The van der Waals surface area contributed by atoms with Crippen LogP contribution >= 0.6 is 0 Å². The smallest absolute Gasteiger partial charge is 0.258 e. The van der Waals surface area contributed by atoms with Crippen LogP contribution in [0, 0.1) is 6.92 Å². The molecule has 2 heterocycles. The van der Waals surface area contributed by atoms with Gasteiger partial charge in [-0.2, -0.15) is 4.98 Å². The summed E-state index contributed by atoms with van der Waals surface area (Å²) in [7, 11) is 4.50. The van der Waals surface area contributed by atoms with E-state index in [0.29, 0.717) is 36.0 Å². The van der Waals surface area contributed by atoms with Crippen molar-refractivity contribution in [3.05, 3.63) is 29.5 Å². The minimum Gasteiger partial charge on any atom is -0.493 e. The van der Waals surface area contributed by atoms with E-state index in [-0.39, 0.29) is 11.9 Å². The van der Waals surface area contributed by atoms with Crippen molar-refractivity contribution in [1.82, 2.24) is 9.97 Å². The van der Waals surface area contributed by atoms with Gasteiger partial charge in [0.25, 0.3) is 5.91 Å². The van der Waals surface area contributed by atoms with Crippen molar-refractivity contribution < 1.29 is 23.7 Å². The number of morpholine rings is 1. The maximum absolute atomic E-state index is 12.8. The largest absolute Gasteiger partial charge is 0.493 e. The first-order valence-corrected chi connectivity index (χ1v) is 8.85. The number of anilines is 2. The molecule has 1 saturated heterocycles. The van der Waals surface area contributed by atoms with Gasteiger partial charge in [-0.25, -0.2) is 4.98 Å². The van der Waals surface area contributed by atoms with Gasteiger partial charge < -0.3 is 23.8 Å². The Balaban J connectivity index is 1.85. The van der Waals surface area contributed by atoms with Crippen molar-refractivity contribution in [1.29, 1.82) is 0 Å². The number of amides is 1. The number of benzene rings is 1. The summed E-state index contributed by atoms with van der Waals surface area (Å²) in [5.74, 6) is 1.83. The zero-order valence-corrected chi connectivity index (χ0v) is 16.4. The molecular weight excluding hydrogens is 364 g/mol. The first kappa shape index (κ1) is 19.7. The van der Waals surface area contributed by atoms with E-state index in [0.717, 1.165) is 24.6 Å². The maximum atomic E-state index is 12.8. The number of hydrogen-bond acceptors (Lipinski definition) is 8. The van der Waals surface area contributed by atoms with Crippen LogP contribution in [-0.4, -0.2) is 63.5 Å². The van der Waals surface area contributed by atoms with Gasteiger partial charge in [0, 0.05) is 30.4 Å². The van der Waals surface area contributed by atoms with Gasteiger partial charge in [-0.3, -0.25) is 10.1 Å². The summed E-state index contributed by atoms with van der Waals surface area (Å²) in [5, 5.41) is 2.75. The highest BCUT2D eigenvalue weighted by molar-refractivity contribution is 6.04. The lowest BCUT2D eigenvalue weighted by Crippen LogP contribution is -2.37. The Morgan fingerprint density at radius 3 is 2.25 bits per heavy atom. The van der Waals surface area contributed by atoms with E-state index in [2.05, 4.69) is 20.2 Å². The standard InChI is InChI=1S/C19H24N4O5/c1-12-9-16(23-5-7-28-8-6-23)21-19(20-12)22-18(24)13-10-14(25-2)17(27-4)15(11-13)26-3/h9-11H,5-8H2,1-4H3,(H,20,21,22,24). The van der Waals surface area contributed by atoms with Gasteiger partial charge in [-0.05, 0) is 19.1 Å². The lowest BCUT2D eigenvalue weighted by Gasteiger charge is -2.28. The summed E-state index contributed by atoms with van der Waals surface area (Å²) < 4.78 is 21.3. The van der Waals surface area contributed by atoms with Crippen LogP contribution in [0.25, 0.3) is 0 Å². The van der Waals surface area contributed by atoms with E-state index in [4.69, 9.17) is 18.9 Å². The first-order valence-electron chi connectivity index (χ1n) is 8.85. The number of hydrogen-bond donors (Lipinski definition) is 1. The van der Waals surface area contributed by atoms with Gasteiger partial charge in [-0.15, -0.1) is 0 Å². The number of aryl methyl sites for hydroxylation is 1. The van der Waals surface area contributed by atoms with Crippen LogP contribution in [0.5, 0.6) is 17.2 Å². The van der Waals surface area contributed by atoms with Gasteiger partial charge in [0.1, 0.15) is 5.82 Å². The van der Waals surface area contributed by atoms with Crippen molar-refractivity contribution >= 4 is 17.7 Å². The molecule has 0 unspecified atom stereocenters. The van der Waals surface area contributed by atoms with E-state index in [1.165, 1.54) is 21.3 Å². The molecule has 150 valence electrons. The minimum atomic E-state index is -0.377. The Labute approximate surface area is 163 Å². The van der Waals surface area contributed by atoms with Crippen LogP contribution in [0.2, 0.25) is 0 Å². The maximum Gasteiger partial charge on any atom is 0.258 e. The topological polar surface area (TPSA) is 95.0 Å². The van der Waals surface area contributed by atoms with Crippen molar-refractivity contribution in [2.24, 2.45) is 0 Å². The van der Waals surface area contributed by atoms with Crippen LogP contribution < -0.4 is 24.4 Å². The van der Waals surface area contributed by atoms with Crippen LogP contribution in [0.15, 0.2) is 18.2 Å². The summed E-state index contributed by atoms with van der Waals surface area (Å²) in [6, 6.07) is 5.05. The number of nitrogens with one attached hydrogen (secondary N) is 1. The summed E-state index contributed by atoms with van der Waals surface area (Å²) in [6.07, 6.45) is 0. The second-order valence-corrected chi connectivity index (χ2v) is 6.16. The molecule has 1 aromatic carbocycles. The number of aromatic nitrogens is 2. The molecule has 1 aliphatic heterocycles. The molecule has 0 aliphatic carbocycles. The number of ether oxygens (including phenoxy) is 4. The highest BCUT2D eigenvalue weighted by Gasteiger charge is 2.19. The minimum absolute atomic E-state index is 0.236. The van der Waals surface area contributed by atoms with E-state index in [1.54, 1.807) is 12.1 Å². The van der Waals surface area contributed by atoms with Crippen LogP contribution in [0.4, 0.5) is 11.8 Å². The summed E-state index contributed by atoms with van der Waals surface area (Å²) >= 11 is 0. The average Bonchev–Trinajstić information content (AvgIpc) is 2.72. The number of nitrogens with zero attached hydrogens (tertiary/aromatic N) is 3. The van der Waals surface area contributed by atoms with Crippen molar-refractivity contribution in [3.8, 4) is 17.2 Å². The molecule has 0 radical (unpaired) electrons. The Bertz CT molecular complexity index is 827. The summed E-state index contributed by atoms with van der Waals surface area (Å²) in [4.78, 5) is 23.7. The van der Waals surface area contributed by atoms with Gasteiger partial charge >= 0.3 is 0 Å². The molecule has 3 rings (SSSR count). The Hall–Kier alpha value is -3.07. The number of carbonyl (C=O) groups excluding carboxylic acids is 1. The van der Waals surface area contributed by atoms with E-state index in [1.807, 2.05) is 13.0 Å². The van der Waals surface area contributed by atoms with Crippen LogP contribution in [0.1, 0.15) is 16.1 Å². The predicted octanol–water partition coefficient (Wildman–Crippen LogP) is 1.90. The fraction of sp³-hybridized carbons (Fsp3) is 0.421. The monoisotopic (exact) mass is 388 g/mol. The number of carbonyl (C=O) groups is 1. The fourth-order valence-corrected chi connectivity index (χ4v) is 2.95. The lowest BCUT2D eigenvalue weighted by molar-refractivity contribution is 0.102. The molecule has 28 heavy (non-hydrogen) atoms. The molecular formula is C19H24N4O5. The molecule has 0 saturated carbocycles. The van der Waals surface area contributed by atoms with Gasteiger partial charge in [0.05, 0.1) is 34.5 Å². The van der Waals surface area contributed by atoms with E-state index < -0.39 is 0 Å². The quantitative estimate of drug-likeness (QED) is 0.802. The Kier molecular flexibility index (Phi) is 6.15. The second-order valence-electron chi connectivity index (χ2n) is 6.16. The third-order valence-corrected chi connectivity index (χ3v) is 4.33. The molecule has 2 aromatic rings. The van der Waals surface area contributed by atoms with Crippen molar-refractivity contribution in [3.63, 3.8) is 0 Å². The molecule has 9 nitrogen and oxygen atoms in total. The molecule has 0 bridgehead atoms. The van der Waals surface area contributed by atoms with Crippen LogP contribution in [0.3, 0.4) is 0 Å². The van der Waals surface area contributed by atoms with E-state index >= 15 is 0 Å². The van der Waals surface area contributed by atoms with Crippen molar-refractivity contribution in [2.45, 2.75) is 6.92 Å². The SMILES string of the molecule is COc1cc(C(=O)Nc2nc(C)cc(N3CCOCC3)n2)cc(OC)c1OC. The van der Waals surface area contributed by atoms with Crippen LogP contribution in [-0.2, 0) is 4.74 Å². The lowest BCUT2D eigenvalue weighted by atomic mass is 10.1. The molecule has 0 atom stereocenters. The Morgan fingerprint density at radius 2 is 1.68 bits per heavy atom. The molecule has 1 amide bonds. The normalized spacial score (nSPS) is 13.8. The fourth-order valence-electron chi connectivity index (χ4n) is 2.95. The zero-order valence-electron chi connectivity index (χ0n) is 16.4.